The Balaban J connectivity index is 4.13. The highest BCUT2D eigenvalue weighted by atomic mass is 16.2. The van der Waals surface area contributed by atoms with Gasteiger partial charge in [0.05, 0.1) is 0 Å². The van der Waals surface area contributed by atoms with E-state index in [1.54, 1.807) is 7.05 Å². The van der Waals surface area contributed by atoms with E-state index in [4.69, 9.17) is 5.73 Å². The molecule has 0 aliphatic heterocycles. The normalized spacial score (nSPS) is 12.5. The number of carbonyl (C=O) groups excluding carboxylic acids is 2. The van der Waals surface area contributed by atoms with E-state index in [2.05, 4.69) is 41.6 Å². The molecule has 0 aromatic rings. The third-order valence-electron chi connectivity index (χ3n) is 9.52. The molecule has 0 saturated heterocycles. The van der Waals surface area contributed by atoms with E-state index in [1.807, 2.05) is 11.9 Å². The number of allylic oxidation sites excluding steroid dienone is 2. The molecule has 0 saturated carbocycles. The molecule has 0 spiro atoms. The lowest BCUT2D eigenvalue weighted by Crippen LogP contribution is -2.49. The Morgan fingerprint density at radius 1 is 0.646 bits per heavy atom. The lowest BCUT2D eigenvalue weighted by atomic mass is 10.0. The summed E-state index contributed by atoms with van der Waals surface area (Å²) in [5.74, 6) is 0.295. The first-order chi connectivity index (χ1) is 23.5. The molecule has 0 radical (unpaired) electrons. The van der Waals surface area contributed by atoms with Crippen LogP contribution in [0.1, 0.15) is 200 Å². The predicted molar refractivity (Wildman–Crippen MR) is 209 cm³/mol. The molecule has 0 aromatic heterocycles. The van der Waals surface area contributed by atoms with Gasteiger partial charge in [0.1, 0.15) is 6.04 Å². The second-order valence-electron chi connectivity index (χ2n) is 14.1. The third-order valence-corrected chi connectivity index (χ3v) is 9.52. The molecular formula is C41H81N5O2. The van der Waals surface area contributed by atoms with Crippen LogP contribution in [0.4, 0.5) is 0 Å². The summed E-state index contributed by atoms with van der Waals surface area (Å²) in [5, 5.41) is 6.09. The zero-order valence-electron chi connectivity index (χ0n) is 32.4. The number of hydrogen-bond donors (Lipinski definition) is 3. The van der Waals surface area contributed by atoms with Crippen LogP contribution in [0.2, 0.25) is 0 Å². The van der Waals surface area contributed by atoms with Crippen molar-refractivity contribution in [3.8, 4) is 0 Å². The molecule has 4 N–H and O–H groups in total. The minimum absolute atomic E-state index is 0.0379. The van der Waals surface area contributed by atoms with Crippen LogP contribution in [0.15, 0.2) is 17.1 Å². The number of guanidine groups is 1. The van der Waals surface area contributed by atoms with Gasteiger partial charge in [0.2, 0.25) is 11.8 Å². The molecule has 7 nitrogen and oxygen atoms in total. The monoisotopic (exact) mass is 676 g/mol. The maximum atomic E-state index is 13.1. The van der Waals surface area contributed by atoms with Gasteiger partial charge in [-0.1, -0.05) is 161 Å². The van der Waals surface area contributed by atoms with E-state index in [9.17, 15) is 9.59 Å². The van der Waals surface area contributed by atoms with Crippen molar-refractivity contribution in [2.24, 2.45) is 10.7 Å². The fourth-order valence-corrected chi connectivity index (χ4v) is 6.15. The van der Waals surface area contributed by atoms with Crippen molar-refractivity contribution in [2.45, 2.75) is 206 Å². The fourth-order valence-electron chi connectivity index (χ4n) is 6.15. The van der Waals surface area contributed by atoms with Gasteiger partial charge in [0, 0.05) is 33.6 Å². The molecular weight excluding hydrogens is 594 g/mol. The van der Waals surface area contributed by atoms with Gasteiger partial charge in [-0.2, -0.15) is 0 Å². The smallest absolute Gasteiger partial charge is 0.242 e. The Morgan fingerprint density at radius 3 is 1.52 bits per heavy atom. The Hall–Kier alpha value is -2.05. The zero-order valence-corrected chi connectivity index (χ0v) is 32.4. The standard InChI is InChI=1S/C41H81N5O2/c1-5-7-9-11-13-15-17-19-21-22-24-26-28-30-32-34-39(47)45-38(35-37-46(4)41(42)43-3)40(48)44-36-33-31-29-27-25-23-20-18-16-14-12-10-8-6-2/h19,21,38H,5-18,20,22-37H2,1-4H3,(H2,42,43)(H,44,48)(H,45,47). The van der Waals surface area contributed by atoms with Gasteiger partial charge in [-0.25, -0.2) is 0 Å². The Labute approximate surface area is 298 Å². The van der Waals surface area contributed by atoms with Gasteiger partial charge in [-0.3, -0.25) is 14.6 Å². The number of carbonyl (C=O) groups is 2. The van der Waals surface area contributed by atoms with Crippen LogP contribution in [0.3, 0.4) is 0 Å². The van der Waals surface area contributed by atoms with Crippen LogP contribution in [0.25, 0.3) is 0 Å². The van der Waals surface area contributed by atoms with Gasteiger partial charge in [0.25, 0.3) is 0 Å². The van der Waals surface area contributed by atoms with E-state index < -0.39 is 6.04 Å². The molecule has 2 amide bonds. The molecule has 48 heavy (non-hydrogen) atoms. The highest BCUT2D eigenvalue weighted by Crippen LogP contribution is 2.13. The van der Waals surface area contributed by atoms with Crippen molar-refractivity contribution < 1.29 is 9.59 Å². The summed E-state index contributed by atoms with van der Waals surface area (Å²) >= 11 is 0. The summed E-state index contributed by atoms with van der Waals surface area (Å²) < 4.78 is 0. The van der Waals surface area contributed by atoms with E-state index in [-0.39, 0.29) is 11.8 Å². The van der Waals surface area contributed by atoms with Crippen molar-refractivity contribution in [1.82, 2.24) is 15.5 Å². The fraction of sp³-hybridized carbons (Fsp3) is 0.878. The third kappa shape index (κ3) is 31.2. The summed E-state index contributed by atoms with van der Waals surface area (Å²) in [4.78, 5) is 31.7. The van der Waals surface area contributed by atoms with E-state index in [1.165, 1.54) is 135 Å². The van der Waals surface area contributed by atoms with Gasteiger partial charge in [-0.15, -0.1) is 0 Å². The molecule has 0 heterocycles. The lowest BCUT2D eigenvalue weighted by molar-refractivity contribution is -0.129. The second-order valence-corrected chi connectivity index (χ2v) is 14.1. The summed E-state index contributed by atoms with van der Waals surface area (Å²) in [7, 11) is 3.52. The maximum Gasteiger partial charge on any atom is 0.242 e. The Kier molecular flexibility index (Phi) is 34.7. The van der Waals surface area contributed by atoms with E-state index in [0.29, 0.717) is 31.9 Å². The number of aliphatic imine (C=N–C) groups is 1. The Morgan fingerprint density at radius 2 is 1.06 bits per heavy atom. The summed E-state index contributed by atoms with van der Waals surface area (Å²) in [6, 6.07) is -0.556. The van der Waals surface area contributed by atoms with Crippen LogP contribution in [0.5, 0.6) is 0 Å². The van der Waals surface area contributed by atoms with Gasteiger partial charge >= 0.3 is 0 Å². The number of nitrogens with one attached hydrogen (secondary N) is 2. The minimum atomic E-state index is -0.556. The quantitative estimate of drug-likeness (QED) is 0.0269. The summed E-state index contributed by atoms with van der Waals surface area (Å²) in [5.41, 5.74) is 5.93. The number of unbranched alkanes of at least 4 members (excludes halogenated alkanes) is 24. The lowest BCUT2D eigenvalue weighted by Gasteiger charge is -2.23. The van der Waals surface area contributed by atoms with Crippen LogP contribution in [0, 0.1) is 0 Å². The van der Waals surface area contributed by atoms with Crippen LogP contribution >= 0.6 is 0 Å². The highest BCUT2D eigenvalue weighted by molar-refractivity contribution is 5.87. The number of nitrogens with two attached hydrogens (primary N) is 1. The molecule has 0 aliphatic rings. The van der Waals surface area contributed by atoms with Crippen LogP contribution in [-0.4, -0.2) is 55.9 Å². The molecule has 7 heteroatoms. The summed E-state index contributed by atoms with van der Waals surface area (Å²) in [6.45, 7) is 5.75. The van der Waals surface area contributed by atoms with Gasteiger partial charge in [0.15, 0.2) is 5.96 Å². The molecule has 1 unspecified atom stereocenters. The van der Waals surface area contributed by atoms with Crippen molar-refractivity contribution in [1.29, 1.82) is 0 Å². The van der Waals surface area contributed by atoms with E-state index in [0.717, 1.165) is 38.5 Å². The summed E-state index contributed by atoms with van der Waals surface area (Å²) in [6.07, 6.45) is 40.1. The maximum absolute atomic E-state index is 13.1. The first kappa shape index (κ1) is 46.0. The van der Waals surface area contributed by atoms with Crippen molar-refractivity contribution in [2.75, 3.05) is 27.2 Å². The second kappa shape index (κ2) is 36.2. The topological polar surface area (TPSA) is 99.8 Å². The van der Waals surface area contributed by atoms with Crippen LogP contribution < -0.4 is 16.4 Å². The SMILES string of the molecule is CCCCCCCCC=CCCCCCCCC(=O)NC(CCN(C)C(N)=NC)C(=O)NCCCCCCCCCCCCCCCC. The Bertz CT molecular complexity index is 785. The number of rotatable bonds is 35. The molecule has 1 atom stereocenters. The highest BCUT2D eigenvalue weighted by Gasteiger charge is 2.21. The largest absolute Gasteiger partial charge is 0.370 e. The van der Waals surface area contributed by atoms with Crippen molar-refractivity contribution in [3.63, 3.8) is 0 Å². The molecule has 0 rings (SSSR count). The first-order valence-corrected chi connectivity index (χ1v) is 20.6. The molecule has 0 fully saturated rings. The van der Waals surface area contributed by atoms with Gasteiger partial charge < -0.3 is 21.3 Å². The zero-order chi connectivity index (χ0) is 35.3. The van der Waals surface area contributed by atoms with Crippen molar-refractivity contribution in [3.05, 3.63) is 12.2 Å². The van der Waals surface area contributed by atoms with Crippen molar-refractivity contribution >= 4 is 17.8 Å². The van der Waals surface area contributed by atoms with E-state index >= 15 is 0 Å². The molecule has 282 valence electrons. The molecule has 0 aliphatic carbocycles. The average molecular weight is 676 g/mol. The number of amides is 2. The van der Waals surface area contributed by atoms with Crippen LogP contribution in [-0.2, 0) is 9.59 Å². The average Bonchev–Trinajstić information content (AvgIpc) is 3.09. The number of nitrogens with zero attached hydrogens (tertiary/aromatic N) is 2. The molecule has 0 bridgehead atoms. The minimum Gasteiger partial charge on any atom is -0.370 e. The predicted octanol–water partition coefficient (Wildman–Crippen LogP) is 10.4. The van der Waals surface area contributed by atoms with Gasteiger partial charge in [-0.05, 0) is 44.9 Å². The first-order valence-electron chi connectivity index (χ1n) is 20.6. The number of hydrogen-bond acceptors (Lipinski definition) is 3. The molecule has 0 aromatic carbocycles.